The molecule has 0 aromatic heterocycles. The molecule has 0 spiro atoms. The molecule has 10 heteroatoms. The van der Waals surface area contributed by atoms with Crippen molar-refractivity contribution in [3.63, 3.8) is 0 Å². The van der Waals surface area contributed by atoms with E-state index in [0.717, 1.165) is 4.47 Å². The average molecular weight is 520 g/mol. The topological polar surface area (TPSA) is 101 Å². The number of carbonyl (C=O) groups is 3. The number of ketones is 1. The first-order valence-corrected chi connectivity index (χ1v) is 10.5. The number of hydrogen-bond acceptors (Lipinski definition) is 9. The Morgan fingerprint density at radius 3 is 2.09 bits per heavy atom. The maximum absolute atomic E-state index is 13.5. The smallest absolute Gasteiger partial charge is 0.355 e. The number of rotatable bonds is 7. The van der Waals surface area contributed by atoms with Gasteiger partial charge in [0.15, 0.2) is 17.3 Å². The number of halogens is 1. The molecule has 1 aliphatic rings. The summed E-state index contributed by atoms with van der Waals surface area (Å²) in [6.07, 6.45) is 0. The first kappa shape index (κ1) is 24.3. The molecule has 33 heavy (non-hydrogen) atoms. The van der Waals surface area contributed by atoms with E-state index < -0.39 is 11.9 Å². The van der Waals surface area contributed by atoms with Crippen LogP contribution in [0.3, 0.4) is 0 Å². The third-order valence-electron chi connectivity index (χ3n) is 4.98. The van der Waals surface area contributed by atoms with Gasteiger partial charge in [0.2, 0.25) is 0 Å². The number of anilines is 1. The van der Waals surface area contributed by atoms with Crippen LogP contribution >= 0.6 is 15.9 Å². The molecule has 0 fully saturated rings. The van der Waals surface area contributed by atoms with Crippen molar-refractivity contribution < 1.29 is 38.1 Å². The number of methoxy groups -OCH3 is 4. The van der Waals surface area contributed by atoms with Crippen LogP contribution in [0.5, 0.6) is 11.5 Å². The Morgan fingerprint density at radius 2 is 1.52 bits per heavy atom. The van der Waals surface area contributed by atoms with Crippen molar-refractivity contribution >= 4 is 39.3 Å². The maximum Gasteiger partial charge on any atom is 0.355 e. The molecule has 0 N–H and O–H groups in total. The highest BCUT2D eigenvalue weighted by atomic mass is 79.9. The fourth-order valence-electron chi connectivity index (χ4n) is 3.36. The maximum atomic E-state index is 13.5. The summed E-state index contributed by atoms with van der Waals surface area (Å²) in [7, 11) is 5.29. The minimum atomic E-state index is -0.782. The van der Waals surface area contributed by atoms with Gasteiger partial charge in [0.1, 0.15) is 12.4 Å². The molecule has 0 atom stereocenters. The first-order valence-electron chi connectivity index (χ1n) is 9.67. The summed E-state index contributed by atoms with van der Waals surface area (Å²) in [6, 6.07) is 9.87. The highest BCUT2D eigenvalue weighted by molar-refractivity contribution is 9.10. The van der Waals surface area contributed by atoms with E-state index in [1.165, 1.54) is 45.5 Å². The van der Waals surface area contributed by atoms with Crippen molar-refractivity contribution in [1.82, 2.24) is 0 Å². The van der Waals surface area contributed by atoms with Crippen LogP contribution in [-0.2, 0) is 23.8 Å². The Balaban J connectivity index is 2.27. The standard InChI is InChI=1S/C23H22BrNO8/c1-29-18-9-15(21(26)13-5-7-14(24)8-6-13)17(10-19(18)30-2)25-12-33-11-16(22(27)31-3)20(25)23(28)32-4/h5-10H,11-12H2,1-4H3. The number of carbonyl (C=O) groups excluding carboxylic acids is 3. The van der Waals surface area contributed by atoms with Gasteiger partial charge in [-0.25, -0.2) is 9.59 Å². The number of nitrogens with zero attached hydrogens (tertiary/aromatic N) is 1. The number of ether oxygens (including phenoxy) is 5. The Morgan fingerprint density at radius 1 is 0.909 bits per heavy atom. The van der Waals surface area contributed by atoms with Gasteiger partial charge >= 0.3 is 11.9 Å². The number of benzene rings is 2. The van der Waals surface area contributed by atoms with Gasteiger partial charge in [-0.2, -0.15) is 0 Å². The molecule has 3 rings (SSSR count). The van der Waals surface area contributed by atoms with E-state index in [2.05, 4.69) is 15.9 Å². The minimum absolute atomic E-state index is 0.0348. The predicted molar refractivity (Wildman–Crippen MR) is 121 cm³/mol. The van der Waals surface area contributed by atoms with Crippen molar-refractivity contribution in [3.8, 4) is 11.5 Å². The van der Waals surface area contributed by atoms with Crippen LogP contribution in [0.2, 0.25) is 0 Å². The molecule has 0 unspecified atom stereocenters. The first-order chi connectivity index (χ1) is 15.9. The molecular formula is C23H22BrNO8. The van der Waals surface area contributed by atoms with Crippen LogP contribution in [0.1, 0.15) is 15.9 Å². The van der Waals surface area contributed by atoms with Crippen LogP contribution in [0.25, 0.3) is 0 Å². The fraction of sp³-hybridized carbons (Fsp3) is 0.261. The van der Waals surface area contributed by atoms with Gasteiger partial charge in [0, 0.05) is 16.1 Å². The summed E-state index contributed by atoms with van der Waals surface area (Å²) in [4.78, 5) is 40.0. The van der Waals surface area contributed by atoms with Gasteiger partial charge < -0.3 is 28.6 Å². The van der Waals surface area contributed by atoms with Gasteiger partial charge in [-0.3, -0.25) is 4.79 Å². The van der Waals surface area contributed by atoms with E-state index in [1.807, 2.05) is 0 Å². The van der Waals surface area contributed by atoms with Crippen molar-refractivity contribution in [3.05, 3.63) is 63.3 Å². The van der Waals surface area contributed by atoms with Crippen molar-refractivity contribution in [2.24, 2.45) is 0 Å². The molecule has 1 aliphatic heterocycles. The highest BCUT2D eigenvalue weighted by Gasteiger charge is 2.35. The lowest BCUT2D eigenvalue weighted by Crippen LogP contribution is -2.39. The Kier molecular flexibility index (Phi) is 7.72. The van der Waals surface area contributed by atoms with Crippen molar-refractivity contribution in [2.75, 3.05) is 46.7 Å². The lowest BCUT2D eigenvalue weighted by molar-refractivity contribution is -0.140. The second kappa shape index (κ2) is 10.5. The Bertz CT molecular complexity index is 1110. The molecule has 0 radical (unpaired) electrons. The van der Waals surface area contributed by atoms with E-state index in [-0.39, 0.29) is 41.6 Å². The third kappa shape index (κ3) is 4.86. The van der Waals surface area contributed by atoms with E-state index in [4.69, 9.17) is 23.7 Å². The lowest BCUT2D eigenvalue weighted by atomic mass is 9.99. The Hall–Kier alpha value is -3.37. The van der Waals surface area contributed by atoms with Gasteiger partial charge in [-0.05, 0) is 30.3 Å². The fourth-order valence-corrected chi connectivity index (χ4v) is 3.63. The van der Waals surface area contributed by atoms with Crippen LogP contribution in [-0.4, -0.2) is 59.5 Å². The van der Waals surface area contributed by atoms with E-state index in [0.29, 0.717) is 17.1 Å². The zero-order valence-corrected chi connectivity index (χ0v) is 20.1. The summed E-state index contributed by atoms with van der Waals surface area (Å²) >= 11 is 3.35. The second-order valence-corrected chi connectivity index (χ2v) is 7.69. The zero-order valence-electron chi connectivity index (χ0n) is 18.5. The monoisotopic (exact) mass is 519 g/mol. The summed E-state index contributed by atoms with van der Waals surface area (Å²) < 4.78 is 26.9. The zero-order chi connectivity index (χ0) is 24.1. The van der Waals surface area contributed by atoms with Crippen LogP contribution in [0.15, 0.2) is 52.1 Å². The highest BCUT2D eigenvalue weighted by Crippen LogP contribution is 2.39. The average Bonchev–Trinajstić information content (AvgIpc) is 2.86. The summed E-state index contributed by atoms with van der Waals surface area (Å²) in [5, 5.41) is 0. The van der Waals surface area contributed by atoms with Gasteiger partial charge in [-0.15, -0.1) is 0 Å². The summed E-state index contributed by atoms with van der Waals surface area (Å²) in [5.74, 6) is -1.24. The molecule has 174 valence electrons. The molecule has 0 aliphatic carbocycles. The van der Waals surface area contributed by atoms with E-state index in [9.17, 15) is 14.4 Å². The largest absolute Gasteiger partial charge is 0.493 e. The molecule has 2 aromatic carbocycles. The molecule has 1 heterocycles. The number of esters is 2. The second-order valence-electron chi connectivity index (χ2n) is 6.78. The quantitative estimate of drug-likeness (QED) is 0.403. The van der Waals surface area contributed by atoms with Gasteiger partial charge in [0.25, 0.3) is 0 Å². The molecule has 0 bridgehead atoms. The summed E-state index contributed by atoms with van der Waals surface area (Å²) in [5.41, 5.74) is 0.745. The molecule has 0 saturated heterocycles. The van der Waals surface area contributed by atoms with Crippen molar-refractivity contribution in [1.29, 1.82) is 0 Å². The van der Waals surface area contributed by atoms with E-state index in [1.54, 1.807) is 24.3 Å². The SMILES string of the molecule is COC(=O)C1=C(C(=O)OC)N(c2cc(OC)c(OC)cc2C(=O)c2ccc(Br)cc2)COC1. The third-order valence-corrected chi connectivity index (χ3v) is 5.51. The normalized spacial score (nSPS) is 13.4. The molecule has 9 nitrogen and oxygen atoms in total. The van der Waals surface area contributed by atoms with Crippen LogP contribution < -0.4 is 14.4 Å². The molecular weight excluding hydrogens is 498 g/mol. The van der Waals surface area contributed by atoms with E-state index >= 15 is 0 Å². The van der Waals surface area contributed by atoms with Gasteiger partial charge in [0.05, 0.1) is 51.9 Å². The molecule has 0 saturated carbocycles. The van der Waals surface area contributed by atoms with Gasteiger partial charge in [-0.1, -0.05) is 15.9 Å². The minimum Gasteiger partial charge on any atom is -0.493 e. The van der Waals surface area contributed by atoms with Crippen LogP contribution in [0, 0.1) is 0 Å². The Labute approximate surface area is 198 Å². The summed E-state index contributed by atoms with van der Waals surface area (Å²) in [6.45, 7) is -0.280. The molecule has 2 aromatic rings. The predicted octanol–water partition coefficient (Wildman–Crippen LogP) is 3.09. The lowest BCUT2D eigenvalue weighted by Gasteiger charge is -2.32. The number of hydrogen-bond donors (Lipinski definition) is 0. The van der Waals surface area contributed by atoms with Crippen LogP contribution in [0.4, 0.5) is 5.69 Å². The molecule has 0 amide bonds. The van der Waals surface area contributed by atoms with Crippen molar-refractivity contribution in [2.45, 2.75) is 0 Å².